The molecule has 0 radical (unpaired) electrons. The van der Waals surface area contributed by atoms with E-state index >= 15 is 0 Å². The van der Waals surface area contributed by atoms with Crippen LogP contribution in [0.1, 0.15) is 13.8 Å². The second-order valence-electron chi connectivity index (χ2n) is 3.79. The standard InChI is InChI=1S/C10H13NO4S/c1-7(2)11-16(12,13)8-3-4-9-10(5-8)15-6-14-9/h3-5,7,11H,6H2,1-2H3. The van der Waals surface area contributed by atoms with E-state index in [0.717, 1.165) is 0 Å². The van der Waals surface area contributed by atoms with Gasteiger partial charge in [0.2, 0.25) is 16.8 Å². The molecular formula is C10H13NO4S. The summed E-state index contributed by atoms with van der Waals surface area (Å²) >= 11 is 0. The fourth-order valence-electron chi connectivity index (χ4n) is 1.42. The molecule has 0 unspecified atom stereocenters. The van der Waals surface area contributed by atoms with Crippen molar-refractivity contribution in [3.63, 3.8) is 0 Å². The molecule has 1 aliphatic rings. The van der Waals surface area contributed by atoms with Gasteiger partial charge in [0.15, 0.2) is 11.5 Å². The second kappa shape index (κ2) is 3.95. The van der Waals surface area contributed by atoms with Crippen LogP contribution in [0.3, 0.4) is 0 Å². The SMILES string of the molecule is CC(C)NS(=O)(=O)c1ccc2c(c1)OCO2. The van der Waals surface area contributed by atoms with Crippen molar-refractivity contribution in [1.82, 2.24) is 4.72 Å². The molecule has 1 heterocycles. The maximum absolute atomic E-state index is 11.8. The van der Waals surface area contributed by atoms with Gasteiger partial charge in [-0.1, -0.05) is 0 Å². The van der Waals surface area contributed by atoms with Crippen LogP contribution in [0.25, 0.3) is 0 Å². The van der Waals surface area contributed by atoms with Crippen LogP contribution in [0.15, 0.2) is 23.1 Å². The highest BCUT2D eigenvalue weighted by Crippen LogP contribution is 2.33. The summed E-state index contributed by atoms with van der Waals surface area (Å²) < 4.78 is 36.4. The minimum atomic E-state index is -3.47. The Labute approximate surface area is 94.4 Å². The Balaban J connectivity index is 2.34. The van der Waals surface area contributed by atoms with Crippen molar-refractivity contribution in [3.8, 4) is 11.5 Å². The molecule has 0 fully saturated rings. The van der Waals surface area contributed by atoms with Crippen LogP contribution in [0, 0.1) is 0 Å². The van der Waals surface area contributed by atoms with Gasteiger partial charge in [0, 0.05) is 12.1 Å². The van der Waals surface area contributed by atoms with Gasteiger partial charge in [0.1, 0.15) is 0 Å². The van der Waals surface area contributed by atoms with E-state index in [9.17, 15) is 8.42 Å². The molecule has 0 saturated heterocycles. The maximum atomic E-state index is 11.8. The van der Waals surface area contributed by atoms with Crippen LogP contribution in [0.4, 0.5) is 0 Å². The van der Waals surface area contributed by atoms with Crippen molar-refractivity contribution in [2.24, 2.45) is 0 Å². The summed E-state index contributed by atoms with van der Waals surface area (Å²) in [5.74, 6) is 1.04. The van der Waals surface area contributed by atoms with E-state index < -0.39 is 10.0 Å². The number of ether oxygens (including phenoxy) is 2. The zero-order valence-electron chi connectivity index (χ0n) is 9.06. The molecule has 88 valence electrons. The fourth-order valence-corrected chi connectivity index (χ4v) is 2.69. The third kappa shape index (κ3) is 2.12. The van der Waals surface area contributed by atoms with E-state index in [1.807, 2.05) is 0 Å². The van der Waals surface area contributed by atoms with Crippen LogP contribution in [0.2, 0.25) is 0 Å². The number of hydrogen-bond acceptors (Lipinski definition) is 4. The van der Waals surface area contributed by atoms with Crippen molar-refractivity contribution in [1.29, 1.82) is 0 Å². The van der Waals surface area contributed by atoms with Gasteiger partial charge in [-0.15, -0.1) is 0 Å². The van der Waals surface area contributed by atoms with Crippen LogP contribution < -0.4 is 14.2 Å². The minimum Gasteiger partial charge on any atom is -0.454 e. The van der Waals surface area contributed by atoms with Gasteiger partial charge in [0.05, 0.1) is 4.90 Å². The van der Waals surface area contributed by atoms with Gasteiger partial charge >= 0.3 is 0 Å². The molecule has 0 aromatic heterocycles. The Hall–Kier alpha value is -1.27. The van der Waals surface area contributed by atoms with E-state index in [4.69, 9.17) is 9.47 Å². The summed E-state index contributed by atoms with van der Waals surface area (Å²) in [7, 11) is -3.47. The molecule has 0 aliphatic carbocycles. The summed E-state index contributed by atoms with van der Waals surface area (Å²) in [6.45, 7) is 3.67. The highest BCUT2D eigenvalue weighted by atomic mass is 32.2. The smallest absolute Gasteiger partial charge is 0.240 e. The third-order valence-electron chi connectivity index (χ3n) is 2.05. The van der Waals surface area contributed by atoms with Crippen LogP contribution in [-0.4, -0.2) is 21.3 Å². The first-order chi connectivity index (χ1) is 7.49. The number of rotatable bonds is 3. The zero-order valence-corrected chi connectivity index (χ0v) is 9.87. The lowest BCUT2D eigenvalue weighted by Crippen LogP contribution is -2.30. The molecule has 1 aliphatic heterocycles. The number of hydrogen-bond donors (Lipinski definition) is 1. The first-order valence-electron chi connectivity index (χ1n) is 4.91. The quantitative estimate of drug-likeness (QED) is 0.863. The van der Waals surface area contributed by atoms with E-state index in [1.54, 1.807) is 19.9 Å². The molecule has 0 amide bonds. The molecule has 2 rings (SSSR count). The first kappa shape index (κ1) is 11.2. The number of nitrogens with one attached hydrogen (secondary N) is 1. The number of benzene rings is 1. The van der Waals surface area contributed by atoms with E-state index in [-0.39, 0.29) is 17.7 Å². The Bertz CT molecular complexity index is 496. The molecule has 1 aromatic carbocycles. The van der Waals surface area contributed by atoms with Crippen molar-refractivity contribution in [2.45, 2.75) is 24.8 Å². The van der Waals surface area contributed by atoms with Gasteiger partial charge in [-0.25, -0.2) is 13.1 Å². The Morgan fingerprint density at radius 1 is 1.25 bits per heavy atom. The number of sulfonamides is 1. The Morgan fingerprint density at radius 3 is 2.62 bits per heavy atom. The van der Waals surface area contributed by atoms with Gasteiger partial charge in [0.25, 0.3) is 0 Å². The third-order valence-corrected chi connectivity index (χ3v) is 3.70. The monoisotopic (exact) mass is 243 g/mol. The van der Waals surface area contributed by atoms with Crippen LogP contribution >= 0.6 is 0 Å². The van der Waals surface area contributed by atoms with Gasteiger partial charge in [-0.05, 0) is 26.0 Å². The van der Waals surface area contributed by atoms with Crippen LogP contribution in [0.5, 0.6) is 11.5 Å². The van der Waals surface area contributed by atoms with E-state index in [2.05, 4.69) is 4.72 Å². The van der Waals surface area contributed by atoms with Crippen molar-refractivity contribution in [3.05, 3.63) is 18.2 Å². The molecule has 5 nitrogen and oxygen atoms in total. The first-order valence-corrected chi connectivity index (χ1v) is 6.39. The normalized spacial score (nSPS) is 14.4. The Morgan fingerprint density at radius 2 is 1.94 bits per heavy atom. The topological polar surface area (TPSA) is 64.6 Å². The molecule has 0 bridgehead atoms. The molecule has 1 aromatic rings. The van der Waals surface area contributed by atoms with Gasteiger partial charge in [-0.3, -0.25) is 0 Å². The van der Waals surface area contributed by atoms with Crippen LogP contribution in [-0.2, 0) is 10.0 Å². The second-order valence-corrected chi connectivity index (χ2v) is 5.51. The van der Waals surface area contributed by atoms with Gasteiger partial charge in [-0.2, -0.15) is 0 Å². The fraction of sp³-hybridized carbons (Fsp3) is 0.400. The average Bonchev–Trinajstić information content (AvgIpc) is 2.61. The summed E-state index contributed by atoms with van der Waals surface area (Å²) in [6.07, 6.45) is 0. The molecule has 16 heavy (non-hydrogen) atoms. The predicted octanol–water partition coefficient (Wildman–Crippen LogP) is 1.10. The Kier molecular flexibility index (Phi) is 2.77. The number of fused-ring (bicyclic) bond motifs is 1. The summed E-state index contributed by atoms with van der Waals surface area (Å²) in [5.41, 5.74) is 0. The van der Waals surface area contributed by atoms with E-state index in [0.29, 0.717) is 11.5 Å². The lowest BCUT2D eigenvalue weighted by molar-refractivity contribution is 0.174. The van der Waals surface area contributed by atoms with Crippen molar-refractivity contribution < 1.29 is 17.9 Å². The maximum Gasteiger partial charge on any atom is 0.240 e. The highest BCUT2D eigenvalue weighted by Gasteiger charge is 2.20. The van der Waals surface area contributed by atoms with E-state index in [1.165, 1.54) is 12.1 Å². The predicted molar refractivity (Wildman–Crippen MR) is 58.0 cm³/mol. The molecule has 1 N–H and O–H groups in total. The summed E-state index contributed by atoms with van der Waals surface area (Å²) in [4.78, 5) is 0.186. The van der Waals surface area contributed by atoms with Gasteiger partial charge < -0.3 is 9.47 Å². The molecular weight excluding hydrogens is 230 g/mol. The summed E-state index contributed by atoms with van der Waals surface area (Å²) in [6, 6.07) is 4.41. The molecule has 0 atom stereocenters. The zero-order chi connectivity index (χ0) is 11.8. The molecule has 6 heteroatoms. The lowest BCUT2D eigenvalue weighted by atomic mass is 10.3. The lowest BCUT2D eigenvalue weighted by Gasteiger charge is -2.09. The summed E-state index contributed by atoms with van der Waals surface area (Å²) in [5, 5.41) is 0. The highest BCUT2D eigenvalue weighted by molar-refractivity contribution is 7.89. The molecule has 0 spiro atoms. The van der Waals surface area contributed by atoms with Crippen molar-refractivity contribution >= 4 is 10.0 Å². The van der Waals surface area contributed by atoms with Crippen molar-refractivity contribution in [2.75, 3.05) is 6.79 Å². The largest absolute Gasteiger partial charge is 0.454 e. The minimum absolute atomic E-state index is 0.135. The average molecular weight is 243 g/mol. The molecule has 0 saturated carbocycles.